The van der Waals surface area contributed by atoms with Crippen molar-refractivity contribution < 1.29 is 0 Å². The fourth-order valence-electron chi connectivity index (χ4n) is 1.00. The molecule has 0 N–H and O–H groups in total. The van der Waals surface area contributed by atoms with E-state index in [2.05, 4.69) is 25.7 Å². The van der Waals surface area contributed by atoms with Crippen molar-refractivity contribution in [1.29, 1.82) is 5.26 Å². The second kappa shape index (κ2) is 4.33. The summed E-state index contributed by atoms with van der Waals surface area (Å²) in [4.78, 5) is 0. The van der Waals surface area contributed by atoms with Crippen LogP contribution in [0.1, 0.15) is 23.1 Å². The molecule has 0 unspecified atom stereocenters. The Labute approximate surface area is 79.0 Å². The van der Waals surface area contributed by atoms with Crippen molar-refractivity contribution in [1.82, 2.24) is 0 Å². The monoisotopic (exact) mass is 169 g/mol. The lowest BCUT2D eigenvalue weighted by molar-refractivity contribution is 1.33. The molecule has 0 aromatic heterocycles. The van der Waals surface area contributed by atoms with Gasteiger partial charge in [-0.15, -0.1) is 0 Å². The molecule has 64 valence electrons. The molecule has 0 radical (unpaired) electrons. The van der Waals surface area contributed by atoms with Crippen molar-refractivity contribution in [3.63, 3.8) is 0 Å². The second-order valence-corrected chi connectivity index (χ2v) is 2.94. The Morgan fingerprint density at radius 1 is 1.23 bits per heavy atom. The molecule has 0 heterocycles. The number of hydrogen-bond donors (Lipinski definition) is 0. The SMILES string of the molecule is Cc1ccc(C#CCC#N)cc1C. The molecular formula is C12H11N. The number of benzene rings is 1. The highest BCUT2D eigenvalue weighted by molar-refractivity contribution is 5.40. The Bertz CT molecular complexity index is 399. The minimum Gasteiger partial charge on any atom is -0.197 e. The van der Waals surface area contributed by atoms with Crippen LogP contribution in [-0.4, -0.2) is 0 Å². The van der Waals surface area contributed by atoms with Crippen LogP contribution >= 0.6 is 0 Å². The molecule has 0 spiro atoms. The highest BCUT2D eigenvalue weighted by Gasteiger charge is 1.91. The second-order valence-electron chi connectivity index (χ2n) is 2.94. The van der Waals surface area contributed by atoms with Crippen LogP contribution in [0.15, 0.2) is 18.2 Å². The van der Waals surface area contributed by atoms with Crippen LogP contribution in [0.5, 0.6) is 0 Å². The van der Waals surface area contributed by atoms with Crippen molar-refractivity contribution in [3.05, 3.63) is 34.9 Å². The summed E-state index contributed by atoms with van der Waals surface area (Å²) in [5.41, 5.74) is 3.49. The molecule has 13 heavy (non-hydrogen) atoms. The third-order valence-electron chi connectivity index (χ3n) is 1.91. The quantitative estimate of drug-likeness (QED) is 0.547. The number of hydrogen-bond acceptors (Lipinski definition) is 1. The van der Waals surface area contributed by atoms with E-state index < -0.39 is 0 Å². The van der Waals surface area contributed by atoms with Gasteiger partial charge in [0.15, 0.2) is 0 Å². The molecule has 0 atom stereocenters. The molecule has 0 bridgehead atoms. The number of aryl methyl sites for hydroxylation is 2. The van der Waals surface area contributed by atoms with Crippen molar-refractivity contribution in [2.75, 3.05) is 0 Å². The van der Waals surface area contributed by atoms with Crippen molar-refractivity contribution >= 4 is 0 Å². The predicted molar refractivity (Wildman–Crippen MR) is 53.0 cm³/mol. The number of nitrogens with zero attached hydrogens (tertiary/aromatic N) is 1. The van der Waals surface area contributed by atoms with Crippen LogP contribution < -0.4 is 0 Å². The lowest BCUT2D eigenvalue weighted by Gasteiger charge is -1.98. The first kappa shape index (κ1) is 9.36. The molecule has 0 aliphatic heterocycles. The fraction of sp³-hybridized carbons (Fsp3) is 0.250. The minimum absolute atomic E-state index is 0.299. The van der Waals surface area contributed by atoms with Gasteiger partial charge < -0.3 is 0 Å². The van der Waals surface area contributed by atoms with Crippen LogP contribution in [0.4, 0.5) is 0 Å². The summed E-state index contributed by atoms with van der Waals surface area (Å²) in [6, 6.07) is 8.06. The van der Waals surface area contributed by atoms with E-state index in [1.807, 2.05) is 24.3 Å². The average Bonchev–Trinajstić information content (AvgIpc) is 2.12. The summed E-state index contributed by atoms with van der Waals surface area (Å²) in [6.07, 6.45) is 0.299. The third-order valence-corrected chi connectivity index (χ3v) is 1.91. The predicted octanol–water partition coefficient (Wildman–Crippen LogP) is 2.57. The molecule has 0 aliphatic carbocycles. The average molecular weight is 169 g/mol. The van der Waals surface area contributed by atoms with E-state index >= 15 is 0 Å². The number of rotatable bonds is 0. The Morgan fingerprint density at radius 3 is 2.62 bits per heavy atom. The maximum atomic E-state index is 8.29. The Balaban J connectivity index is 2.89. The maximum absolute atomic E-state index is 8.29. The van der Waals surface area contributed by atoms with E-state index in [0.717, 1.165) is 5.56 Å². The largest absolute Gasteiger partial charge is 0.197 e. The molecule has 1 heteroatoms. The molecule has 0 aliphatic rings. The fourth-order valence-corrected chi connectivity index (χ4v) is 1.00. The van der Waals surface area contributed by atoms with Crippen LogP contribution in [0.2, 0.25) is 0 Å². The van der Waals surface area contributed by atoms with Gasteiger partial charge in [0.2, 0.25) is 0 Å². The topological polar surface area (TPSA) is 23.8 Å². The van der Waals surface area contributed by atoms with Crippen LogP contribution in [-0.2, 0) is 0 Å². The van der Waals surface area contributed by atoms with E-state index in [1.54, 1.807) is 0 Å². The van der Waals surface area contributed by atoms with E-state index in [9.17, 15) is 0 Å². The van der Waals surface area contributed by atoms with Gasteiger partial charge in [0.1, 0.15) is 0 Å². The zero-order valence-electron chi connectivity index (χ0n) is 7.89. The van der Waals surface area contributed by atoms with E-state index in [4.69, 9.17) is 5.26 Å². The Morgan fingerprint density at radius 2 is 2.00 bits per heavy atom. The van der Waals surface area contributed by atoms with Gasteiger partial charge in [-0.3, -0.25) is 0 Å². The van der Waals surface area contributed by atoms with Crippen LogP contribution in [0, 0.1) is 37.0 Å². The van der Waals surface area contributed by atoms with Gasteiger partial charge in [0, 0.05) is 5.56 Å². The third kappa shape index (κ3) is 2.65. The van der Waals surface area contributed by atoms with Crippen molar-refractivity contribution in [3.8, 4) is 17.9 Å². The summed E-state index contributed by atoms with van der Waals surface area (Å²) in [6.45, 7) is 4.13. The highest BCUT2D eigenvalue weighted by Crippen LogP contribution is 2.08. The highest BCUT2D eigenvalue weighted by atomic mass is 14.2. The first-order valence-corrected chi connectivity index (χ1v) is 4.17. The van der Waals surface area contributed by atoms with Gasteiger partial charge >= 0.3 is 0 Å². The first-order chi connectivity index (χ1) is 6.24. The number of nitriles is 1. The van der Waals surface area contributed by atoms with Gasteiger partial charge in [-0.2, -0.15) is 5.26 Å². The molecule has 1 aromatic rings. The van der Waals surface area contributed by atoms with Gasteiger partial charge in [-0.1, -0.05) is 17.9 Å². The Hall–Kier alpha value is -1.73. The summed E-state index contributed by atoms with van der Waals surface area (Å²) in [5, 5.41) is 8.29. The normalized spacial score (nSPS) is 8.38. The van der Waals surface area contributed by atoms with Gasteiger partial charge in [-0.25, -0.2) is 0 Å². The summed E-state index contributed by atoms with van der Waals surface area (Å²) >= 11 is 0. The molecule has 1 nitrogen and oxygen atoms in total. The molecule has 0 saturated heterocycles. The lowest BCUT2D eigenvalue weighted by Crippen LogP contribution is -1.81. The molecule has 1 rings (SSSR count). The van der Waals surface area contributed by atoms with E-state index in [1.165, 1.54) is 11.1 Å². The summed E-state index contributed by atoms with van der Waals surface area (Å²) in [7, 11) is 0. The van der Waals surface area contributed by atoms with E-state index in [-0.39, 0.29) is 0 Å². The van der Waals surface area contributed by atoms with Crippen LogP contribution in [0.3, 0.4) is 0 Å². The molecular weight excluding hydrogens is 158 g/mol. The Kier molecular flexibility index (Phi) is 3.12. The van der Waals surface area contributed by atoms with Crippen LogP contribution in [0.25, 0.3) is 0 Å². The first-order valence-electron chi connectivity index (χ1n) is 4.17. The van der Waals surface area contributed by atoms with Gasteiger partial charge in [0.05, 0.1) is 12.5 Å². The maximum Gasteiger partial charge on any atom is 0.0966 e. The summed E-state index contributed by atoms with van der Waals surface area (Å²) < 4.78 is 0. The lowest BCUT2D eigenvalue weighted by atomic mass is 10.1. The molecule has 1 aromatic carbocycles. The van der Waals surface area contributed by atoms with Gasteiger partial charge in [-0.05, 0) is 37.1 Å². The minimum atomic E-state index is 0.299. The zero-order chi connectivity index (χ0) is 9.68. The van der Waals surface area contributed by atoms with Crippen molar-refractivity contribution in [2.45, 2.75) is 20.3 Å². The molecule has 0 amide bonds. The standard InChI is InChI=1S/C12H11N/c1-10-6-7-12(9-11(10)2)5-3-4-8-13/h6-7,9H,4H2,1-2H3. The summed E-state index contributed by atoms with van der Waals surface area (Å²) in [5.74, 6) is 5.73. The smallest absolute Gasteiger partial charge is 0.0966 e. The molecule has 0 fully saturated rings. The van der Waals surface area contributed by atoms with E-state index in [0.29, 0.717) is 6.42 Å². The van der Waals surface area contributed by atoms with Crippen molar-refractivity contribution in [2.24, 2.45) is 0 Å². The van der Waals surface area contributed by atoms with Gasteiger partial charge in [0.25, 0.3) is 0 Å². The molecule has 0 saturated carbocycles. The zero-order valence-corrected chi connectivity index (χ0v) is 7.89.